The molecule has 0 radical (unpaired) electrons. The summed E-state index contributed by atoms with van der Waals surface area (Å²) < 4.78 is 11.8. The predicted molar refractivity (Wildman–Crippen MR) is 129 cm³/mol. The number of likely N-dealkylation sites (N-methyl/N-ethyl adjacent to an activating group) is 1. The number of nitrogen functional groups attached to an aromatic ring is 1. The van der Waals surface area contributed by atoms with Crippen LogP contribution in [0.4, 0.5) is 11.6 Å². The van der Waals surface area contributed by atoms with Gasteiger partial charge in [-0.15, -0.1) is 0 Å². The second-order valence-electron chi connectivity index (χ2n) is 8.12. The molecule has 0 fully saturated rings. The Kier molecular flexibility index (Phi) is 6.96. The van der Waals surface area contributed by atoms with Crippen molar-refractivity contribution in [3.63, 3.8) is 0 Å². The van der Waals surface area contributed by atoms with Gasteiger partial charge in [0.2, 0.25) is 11.9 Å². The predicted octanol–water partition coefficient (Wildman–Crippen LogP) is 3.51. The molecule has 0 bridgehead atoms. The molecule has 33 heavy (non-hydrogen) atoms. The monoisotopic (exact) mass is 467 g/mol. The highest BCUT2D eigenvalue weighted by Gasteiger charge is 2.27. The molecule has 1 aliphatic rings. The van der Waals surface area contributed by atoms with Crippen LogP contribution in [0, 0.1) is 5.92 Å². The maximum absolute atomic E-state index is 13.1. The van der Waals surface area contributed by atoms with E-state index in [2.05, 4.69) is 15.3 Å². The fraction of sp³-hybridized carbons (Fsp3) is 0.292. The van der Waals surface area contributed by atoms with Crippen molar-refractivity contribution in [3.05, 3.63) is 59.2 Å². The Bertz CT molecular complexity index is 1150. The zero-order valence-corrected chi connectivity index (χ0v) is 19.3. The van der Waals surface area contributed by atoms with Crippen molar-refractivity contribution >= 4 is 29.1 Å². The van der Waals surface area contributed by atoms with Gasteiger partial charge in [-0.3, -0.25) is 4.79 Å². The Hall–Kier alpha value is -3.36. The summed E-state index contributed by atoms with van der Waals surface area (Å²) in [7, 11) is 3.94. The second-order valence-corrected chi connectivity index (χ2v) is 8.55. The average Bonchev–Trinajstić information content (AvgIpc) is 2.79. The van der Waals surface area contributed by atoms with E-state index in [1.54, 1.807) is 18.3 Å². The van der Waals surface area contributed by atoms with Gasteiger partial charge in [0.25, 0.3) is 0 Å². The van der Waals surface area contributed by atoms with E-state index in [0.29, 0.717) is 41.8 Å². The number of nitrogens with zero attached hydrogens (tertiary/aromatic N) is 3. The van der Waals surface area contributed by atoms with Crippen molar-refractivity contribution in [2.24, 2.45) is 5.92 Å². The number of halogens is 1. The lowest BCUT2D eigenvalue weighted by Crippen LogP contribution is -2.32. The Morgan fingerprint density at radius 3 is 2.91 bits per heavy atom. The van der Waals surface area contributed by atoms with Crippen molar-refractivity contribution < 1.29 is 14.3 Å². The summed E-state index contributed by atoms with van der Waals surface area (Å²) in [4.78, 5) is 23.3. The van der Waals surface area contributed by atoms with Crippen LogP contribution >= 0.6 is 11.6 Å². The minimum absolute atomic E-state index is 0.142. The summed E-state index contributed by atoms with van der Waals surface area (Å²) in [6.07, 6.45) is 2.16. The molecule has 1 aliphatic heterocycles. The molecule has 0 saturated carbocycles. The molecule has 2 aromatic carbocycles. The zero-order valence-electron chi connectivity index (χ0n) is 18.5. The van der Waals surface area contributed by atoms with Crippen LogP contribution in [0.5, 0.6) is 11.5 Å². The molecule has 2 heterocycles. The van der Waals surface area contributed by atoms with Gasteiger partial charge in [-0.25, -0.2) is 9.97 Å². The molecule has 8 nitrogen and oxygen atoms in total. The lowest BCUT2D eigenvalue weighted by molar-refractivity contribution is -0.121. The number of aromatic nitrogens is 2. The fourth-order valence-corrected chi connectivity index (χ4v) is 3.74. The van der Waals surface area contributed by atoms with E-state index in [0.717, 1.165) is 23.4 Å². The summed E-state index contributed by atoms with van der Waals surface area (Å²) in [5, 5.41) is 3.63. The van der Waals surface area contributed by atoms with E-state index in [4.69, 9.17) is 26.8 Å². The molecule has 172 valence electrons. The van der Waals surface area contributed by atoms with Crippen molar-refractivity contribution in [3.8, 4) is 22.8 Å². The van der Waals surface area contributed by atoms with Gasteiger partial charge in [0.05, 0.1) is 17.3 Å². The first-order valence-corrected chi connectivity index (χ1v) is 11.0. The maximum Gasteiger partial charge on any atom is 0.231 e. The number of amides is 1. The number of nitrogens with one attached hydrogen (secondary N) is 1. The van der Waals surface area contributed by atoms with Crippen LogP contribution in [0.1, 0.15) is 5.56 Å². The maximum atomic E-state index is 13.1. The van der Waals surface area contributed by atoms with Gasteiger partial charge < -0.3 is 25.4 Å². The van der Waals surface area contributed by atoms with Crippen LogP contribution < -0.4 is 20.5 Å². The Morgan fingerprint density at radius 2 is 2.12 bits per heavy atom. The first kappa shape index (κ1) is 22.8. The topological polar surface area (TPSA) is 103 Å². The number of ether oxygens (including phenoxy) is 2. The molecule has 1 amide bonds. The van der Waals surface area contributed by atoms with E-state index in [9.17, 15) is 4.79 Å². The number of benzene rings is 2. The Balaban J connectivity index is 1.54. The molecular weight excluding hydrogens is 442 g/mol. The third kappa shape index (κ3) is 5.71. The van der Waals surface area contributed by atoms with Crippen LogP contribution in [0.2, 0.25) is 5.02 Å². The number of rotatable bonds is 7. The molecule has 1 atom stereocenters. The lowest BCUT2D eigenvalue weighted by atomic mass is 9.96. The summed E-state index contributed by atoms with van der Waals surface area (Å²) in [5.74, 6) is 1.03. The molecule has 3 aromatic rings. The zero-order chi connectivity index (χ0) is 23.4. The molecule has 1 aromatic heterocycles. The standard InChI is InChI=1S/C24H26ClN5O3/c1-30(2)9-10-32-22-13-15(19-7-8-27-24(26)29-19)3-5-20(22)28-23(31)17-11-16-12-18(25)4-6-21(16)33-14-17/h3-8,12-13,17H,9-11,14H2,1-2H3,(H,28,31)(H2,26,27,29). The SMILES string of the molecule is CN(C)CCOc1cc(-c2ccnc(N)n2)ccc1NC(=O)C1COc2ccc(Cl)cc2C1. The van der Waals surface area contributed by atoms with Gasteiger partial charge in [0, 0.05) is 23.3 Å². The summed E-state index contributed by atoms with van der Waals surface area (Å²) in [6.45, 7) is 1.49. The molecule has 0 spiro atoms. The normalized spacial score (nSPS) is 15.0. The third-order valence-corrected chi connectivity index (χ3v) is 5.54. The van der Waals surface area contributed by atoms with Crippen LogP contribution in [-0.2, 0) is 11.2 Å². The highest BCUT2D eigenvalue weighted by molar-refractivity contribution is 6.30. The van der Waals surface area contributed by atoms with Gasteiger partial charge in [-0.05, 0) is 62.5 Å². The summed E-state index contributed by atoms with van der Waals surface area (Å²) >= 11 is 6.11. The van der Waals surface area contributed by atoms with Crippen LogP contribution in [-0.4, -0.2) is 54.6 Å². The van der Waals surface area contributed by atoms with E-state index in [1.807, 2.05) is 49.3 Å². The largest absolute Gasteiger partial charge is 0.492 e. The number of hydrogen-bond donors (Lipinski definition) is 2. The van der Waals surface area contributed by atoms with E-state index in [1.165, 1.54) is 0 Å². The van der Waals surface area contributed by atoms with Gasteiger partial charge >= 0.3 is 0 Å². The molecule has 0 aliphatic carbocycles. The quantitative estimate of drug-likeness (QED) is 0.548. The molecule has 0 saturated heterocycles. The number of nitrogens with two attached hydrogens (primary N) is 1. The lowest BCUT2D eigenvalue weighted by Gasteiger charge is -2.25. The van der Waals surface area contributed by atoms with Gasteiger partial charge in [-0.2, -0.15) is 0 Å². The smallest absolute Gasteiger partial charge is 0.231 e. The molecule has 4 rings (SSSR count). The number of carbonyl (C=O) groups excluding carboxylic acids is 1. The number of fused-ring (bicyclic) bond motifs is 1. The molecular formula is C24H26ClN5O3. The van der Waals surface area contributed by atoms with Crippen molar-refractivity contribution in [1.82, 2.24) is 14.9 Å². The summed E-state index contributed by atoms with van der Waals surface area (Å²) in [6, 6.07) is 12.8. The van der Waals surface area contributed by atoms with Crippen LogP contribution in [0.3, 0.4) is 0 Å². The van der Waals surface area contributed by atoms with Crippen molar-refractivity contribution in [2.75, 3.05) is 44.9 Å². The molecule has 9 heteroatoms. The van der Waals surface area contributed by atoms with Gasteiger partial charge in [0.1, 0.15) is 24.7 Å². The molecule has 1 unspecified atom stereocenters. The van der Waals surface area contributed by atoms with Crippen molar-refractivity contribution in [1.29, 1.82) is 0 Å². The highest BCUT2D eigenvalue weighted by Crippen LogP contribution is 2.33. The van der Waals surface area contributed by atoms with Crippen LogP contribution in [0.25, 0.3) is 11.3 Å². The molecule has 3 N–H and O–H groups in total. The van der Waals surface area contributed by atoms with Gasteiger partial charge in [0.15, 0.2) is 0 Å². The van der Waals surface area contributed by atoms with Crippen molar-refractivity contribution in [2.45, 2.75) is 6.42 Å². The van der Waals surface area contributed by atoms with Gasteiger partial charge in [-0.1, -0.05) is 17.7 Å². The minimum atomic E-state index is -0.341. The van der Waals surface area contributed by atoms with E-state index >= 15 is 0 Å². The first-order chi connectivity index (χ1) is 15.9. The van der Waals surface area contributed by atoms with Crippen LogP contribution in [0.15, 0.2) is 48.7 Å². The number of hydrogen-bond acceptors (Lipinski definition) is 7. The minimum Gasteiger partial charge on any atom is -0.492 e. The average molecular weight is 468 g/mol. The van der Waals surface area contributed by atoms with E-state index in [-0.39, 0.29) is 17.8 Å². The summed E-state index contributed by atoms with van der Waals surface area (Å²) in [5.41, 5.74) is 8.73. The number of carbonyl (C=O) groups is 1. The first-order valence-electron chi connectivity index (χ1n) is 10.6. The second kappa shape index (κ2) is 10.1. The third-order valence-electron chi connectivity index (χ3n) is 5.31. The fourth-order valence-electron chi connectivity index (χ4n) is 3.54. The Labute approximate surface area is 197 Å². The Morgan fingerprint density at radius 1 is 1.27 bits per heavy atom. The number of anilines is 2. The van der Waals surface area contributed by atoms with E-state index < -0.39 is 0 Å². The highest BCUT2D eigenvalue weighted by atomic mass is 35.5.